The maximum Gasteiger partial charge on any atom is 0.408 e. The van der Waals surface area contributed by atoms with Crippen LogP contribution in [-0.2, 0) is 14.3 Å². The van der Waals surface area contributed by atoms with E-state index in [2.05, 4.69) is 5.32 Å². The van der Waals surface area contributed by atoms with Crippen LogP contribution in [0.25, 0.3) is 0 Å². The molecule has 0 aliphatic carbocycles. The zero-order valence-electron chi connectivity index (χ0n) is 15.6. The number of rotatable bonds is 8. The molecule has 0 fully saturated rings. The molecule has 0 saturated carbocycles. The standard InChI is InChI=1S/C18H23Cl2NO5S/c1-5-25-16(23)14(21-17(24)26-18(2,3)4)9-27-10-15(22)11-6-7-12(19)13(20)8-11/h6-8,14H,5,9-10H2,1-4H3,(H,21,24)/t14-/m1/s1. The summed E-state index contributed by atoms with van der Waals surface area (Å²) in [6.45, 7) is 7.01. The summed E-state index contributed by atoms with van der Waals surface area (Å²) in [5.74, 6) is -0.495. The van der Waals surface area contributed by atoms with Gasteiger partial charge < -0.3 is 14.8 Å². The highest BCUT2D eigenvalue weighted by Gasteiger charge is 2.25. The second-order valence-electron chi connectivity index (χ2n) is 6.52. The first-order valence-electron chi connectivity index (χ1n) is 8.25. The number of hydrogen-bond donors (Lipinski definition) is 1. The van der Waals surface area contributed by atoms with Crippen molar-refractivity contribution in [1.29, 1.82) is 0 Å². The summed E-state index contributed by atoms with van der Waals surface area (Å²) in [4.78, 5) is 36.2. The number of hydrogen-bond acceptors (Lipinski definition) is 6. The van der Waals surface area contributed by atoms with Crippen molar-refractivity contribution in [2.45, 2.75) is 39.3 Å². The highest BCUT2D eigenvalue weighted by molar-refractivity contribution is 8.00. The van der Waals surface area contributed by atoms with Gasteiger partial charge in [-0.1, -0.05) is 23.2 Å². The van der Waals surface area contributed by atoms with E-state index in [1.54, 1.807) is 39.8 Å². The molecule has 6 nitrogen and oxygen atoms in total. The zero-order valence-corrected chi connectivity index (χ0v) is 18.0. The Labute approximate surface area is 173 Å². The Morgan fingerprint density at radius 2 is 1.85 bits per heavy atom. The molecule has 1 rings (SSSR count). The molecule has 0 unspecified atom stereocenters. The SMILES string of the molecule is CCOC(=O)[C@@H](CSCC(=O)c1ccc(Cl)c(Cl)c1)NC(=O)OC(C)(C)C. The zero-order chi connectivity index (χ0) is 20.6. The Morgan fingerprint density at radius 3 is 2.41 bits per heavy atom. The van der Waals surface area contributed by atoms with Gasteiger partial charge in [-0.15, -0.1) is 0 Å². The van der Waals surface area contributed by atoms with Crippen molar-refractivity contribution in [3.05, 3.63) is 33.8 Å². The van der Waals surface area contributed by atoms with Gasteiger partial charge in [-0.25, -0.2) is 9.59 Å². The van der Waals surface area contributed by atoms with Crippen molar-refractivity contribution in [2.75, 3.05) is 18.1 Å². The predicted octanol–water partition coefficient (Wildman–Crippen LogP) is 4.37. The lowest BCUT2D eigenvalue weighted by Crippen LogP contribution is -2.45. The van der Waals surface area contributed by atoms with E-state index in [0.29, 0.717) is 15.6 Å². The van der Waals surface area contributed by atoms with Gasteiger partial charge in [0.2, 0.25) is 0 Å². The average molecular weight is 436 g/mol. The van der Waals surface area contributed by atoms with E-state index in [0.717, 1.165) is 0 Å². The van der Waals surface area contributed by atoms with Crippen LogP contribution in [0.1, 0.15) is 38.1 Å². The molecule has 27 heavy (non-hydrogen) atoms. The highest BCUT2D eigenvalue weighted by atomic mass is 35.5. The second kappa shape index (κ2) is 10.8. The monoisotopic (exact) mass is 435 g/mol. The Bertz CT molecular complexity index is 691. The molecule has 0 saturated heterocycles. The van der Waals surface area contributed by atoms with Gasteiger partial charge in [0, 0.05) is 11.3 Å². The van der Waals surface area contributed by atoms with Crippen LogP contribution in [0, 0.1) is 0 Å². The summed E-state index contributed by atoms with van der Waals surface area (Å²) in [6, 6.07) is 3.70. The smallest absolute Gasteiger partial charge is 0.408 e. The van der Waals surface area contributed by atoms with E-state index in [4.69, 9.17) is 32.7 Å². The van der Waals surface area contributed by atoms with E-state index >= 15 is 0 Å². The highest BCUT2D eigenvalue weighted by Crippen LogP contribution is 2.23. The summed E-state index contributed by atoms with van der Waals surface area (Å²) >= 11 is 12.9. The van der Waals surface area contributed by atoms with Crippen LogP contribution in [-0.4, -0.2) is 47.6 Å². The number of thioether (sulfide) groups is 1. The van der Waals surface area contributed by atoms with Crippen molar-refractivity contribution in [3.8, 4) is 0 Å². The van der Waals surface area contributed by atoms with Crippen LogP contribution in [0.15, 0.2) is 18.2 Å². The third-order valence-corrected chi connectivity index (χ3v) is 4.80. The van der Waals surface area contributed by atoms with E-state index in [-0.39, 0.29) is 23.9 Å². The molecule has 0 heterocycles. The summed E-state index contributed by atoms with van der Waals surface area (Å²) in [7, 11) is 0. The number of esters is 1. The van der Waals surface area contributed by atoms with Crippen LogP contribution in [0.5, 0.6) is 0 Å². The van der Waals surface area contributed by atoms with Gasteiger partial charge in [0.05, 0.1) is 22.4 Å². The molecule has 150 valence electrons. The first kappa shape index (κ1) is 23.6. The van der Waals surface area contributed by atoms with Gasteiger partial charge in [-0.3, -0.25) is 4.79 Å². The number of benzene rings is 1. The number of carbonyl (C=O) groups excluding carboxylic acids is 3. The van der Waals surface area contributed by atoms with Crippen molar-refractivity contribution in [2.24, 2.45) is 0 Å². The van der Waals surface area contributed by atoms with E-state index < -0.39 is 23.7 Å². The fourth-order valence-electron chi connectivity index (χ4n) is 1.88. The van der Waals surface area contributed by atoms with Crippen LogP contribution in [0.3, 0.4) is 0 Å². The lowest BCUT2D eigenvalue weighted by atomic mass is 10.1. The lowest BCUT2D eigenvalue weighted by molar-refractivity contribution is -0.145. The minimum absolute atomic E-state index is 0.101. The number of nitrogens with one attached hydrogen (secondary N) is 1. The maximum atomic E-state index is 12.2. The topological polar surface area (TPSA) is 81.7 Å². The molecule has 1 aromatic rings. The molecule has 9 heteroatoms. The Hall–Kier alpha value is -1.44. The van der Waals surface area contributed by atoms with E-state index in [1.807, 2.05) is 0 Å². The number of alkyl carbamates (subject to hydrolysis) is 1. The van der Waals surface area contributed by atoms with E-state index in [9.17, 15) is 14.4 Å². The Balaban J connectivity index is 2.64. The molecular formula is C18H23Cl2NO5S. The third kappa shape index (κ3) is 8.86. The molecule has 0 radical (unpaired) electrons. The molecule has 0 bridgehead atoms. The molecule has 0 spiro atoms. The minimum atomic E-state index is -0.925. The average Bonchev–Trinajstić information content (AvgIpc) is 2.54. The van der Waals surface area contributed by atoms with Gasteiger partial charge >= 0.3 is 12.1 Å². The van der Waals surface area contributed by atoms with Crippen molar-refractivity contribution in [1.82, 2.24) is 5.32 Å². The normalized spacial score (nSPS) is 12.2. The molecule has 1 amide bonds. The van der Waals surface area contributed by atoms with Crippen LogP contribution < -0.4 is 5.32 Å². The summed E-state index contributed by atoms with van der Waals surface area (Å²) in [5, 5.41) is 3.14. The number of ether oxygens (including phenoxy) is 2. The fourth-order valence-corrected chi connectivity index (χ4v) is 3.11. The van der Waals surface area contributed by atoms with Gasteiger partial charge in [0.25, 0.3) is 0 Å². The summed E-state index contributed by atoms with van der Waals surface area (Å²) < 4.78 is 10.1. The van der Waals surface area contributed by atoms with Gasteiger partial charge in [-0.2, -0.15) is 11.8 Å². The summed E-state index contributed by atoms with van der Waals surface area (Å²) in [5.41, 5.74) is -0.273. The van der Waals surface area contributed by atoms with Crippen LogP contribution in [0.2, 0.25) is 10.0 Å². The molecule has 0 aliphatic rings. The number of halogens is 2. The Morgan fingerprint density at radius 1 is 1.19 bits per heavy atom. The molecular weight excluding hydrogens is 413 g/mol. The van der Waals surface area contributed by atoms with Crippen molar-refractivity contribution in [3.63, 3.8) is 0 Å². The minimum Gasteiger partial charge on any atom is -0.464 e. The van der Waals surface area contributed by atoms with Crippen LogP contribution in [0.4, 0.5) is 4.79 Å². The van der Waals surface area contributed by atoms with Gasteiger partial charge in [-0.05, 0) is 45.9 Å². The summed E-state index contributed by atoms with van der Waals surface area (Å²) in [6.07, 6.45) is -0.725. The van der Waals surface area contributed by atoms with E-state index in [1.165, 1.54) is 17.8 Å². The number of ketones is 1. The molecule has 0 aliphatic heterocycles. The predicted molar refractivity (Wildman–Crippen MR) is 108 cm³/mol. The largest absolute Gasteiger partial charge is 0.464 e. The van der Waals surface area contributed by atoms with Gasteiger partial charge in [0.1, 0.15) is 11.6 Å². The molecule has 1 aromatic carbocycles. The molecule has 0 aromatic heterocycles. The fraction of sp³-hybridized carbons (Fsp3) is 0.500. The molecule has 1 atom stereocenters. The first-order valence-corrected chi connectivity index (χ1v) is 10.2. The van der Waals surface area contributed by atoms with Crippen molar-refractivity contribution >= 4 is 52.8 Å². The molecule has 1 N–H and O–H groups in total. The number of amides is 1. The third-order valence-electron chi connectivity index (χ3n) is 3.02. The number of Topliss-reactive ketones (excluding diaryl/α,β-unsaturated/α-hetero) is 1. The number of carbonyl (C=O) groups is 3. The maximum absolute atomic E-state index is 12.2. The lowest BCUT2D eigenvalue weighted by Gasteiger charge is -2.22. The van der Waals surface area contributed by atoms with Crippen molar-refractivity contribution < 1.29 is 23.9 Å². The second-order valence-corrected chi connectivity index (χ2v) is 8.36. The first-order chi connectivity index (χ1) is 12.5. The Kier molecular flexibility index (Phi) is 9.42. The van der Waals surface area contributed by atoms with Gasteiger partial charge in [0.15, 0.2) is 5.78 Å². The van der Waals surface area contributed by atoms with Crippen LogP contribution >= 0.6 is 35.0 Å². The quantitative estimate of drug-likeness (QED) is 0.482.